The summed E-state index contributed by atoms with van der Waals surface area (Å²) in [6, 6.07) is 11.9. The van der Waals surface area contributed by atoms with Crippen LogP contribution in [0, 0.1) is 9.39 Å². The van der Waals surface area contributed by atoms with Crippen molar-refractivity contribution in [1.82, 2.24) is 0 Å². The van der Waals surface area contributed by atoms with E-state index in [0.717, 1.165) is 39.5 Å². The number of hydrogen-bond acceptors (Lipinski definition) is 1. The van der Waals surface area contributed by atoms with Crippen molar-refractivity contribution in [2.75, 3.05) is 0 Å². The van der Waals surface area contributed by atoms with E-state index in [9.17, 15) is 4.39 Å². The number of fused-ring (bicyclic) bond motifs is 1. The van der Waals surface area contributed by atoms with Gasteiger partial charge in [0, 0.05) is 0 Å². The van der Waals surface area contributed by atoms with E-state index in [1.54, 1.807) is 0 Å². The predicted molar refractivity (Wildman–Crippen MR) is 81.9 cm³/mol. The molecule has 0 aromatic heterocycles. The maximum atomic E-state index is 14.4. The number of ether oxygens (including phenoxy) is 1. The Labute approximate surface area is 125 Å². The molecular formula is C16H14FIO. The molecule has 0 radical (unpaired) electrons. The standard InChI is InChI=1S/C16H14FIO/c17-15-13-8-4-7-12(13)9-14(18)16(15)19-10-11-5-2-1-3-6-11/h1-3,5-6,9H,4,7-8,10H2. The molecule has 2 aromatic carbocycles. The van der Waals surface area contributed by atoms with Crippen molar-refractivity contribution in [1.29, 1.82) is 0 Å². The van der Waals surface area contributed by atoms with Crippen LogP contribution in [0.2, 0.25) is 0 Å². The van der Waals surface area contributed by atoms with Gasteiger partial charge in [-0.3, -0.25) is 0 Å². The highest BCUT2D eigenvalue weighted by molar-refractivity contribution is 14.1. The molecule has 98 valence electrons. The summed E-state index contributed by atoms with van der Waals surface area (Å²) < 4.78 is 21.0. The molecule has 0 saturated heterocycles. The van der Waals surface area contributed by atoms with Gasteiger partial charge in [-0.05, 0) is 64.6 Å². The molecule has 0 amide bonds. The highest BCUT2D eigenvalue weighted by atomic mass is 127. The molecule has 0 N–H and O–H groups in total. The van der Waals surface area contributed by atoms with Crippen molar-refractivity contribution in [3.8, 4) is 5.75 Å². The summed E-state index contributed by atoms with van der Waals surface area (Å²) in [6.45, 7) is 0.409. The smallest absolute Gasteiger partial charge is 0.169 e. The third kappa shape index (κ3) is 2.61. The Morgan fingerprint density at radius 2 is 1.95 bits per heavy atom. The predicted octanol–water partition coefficient (Wildman–Crippen LogP) is 4.50. The van der Waals surface area contributed by atoms with E-state index in [4.69, 9.17) is 4.74 Å². The fourth-order valence-electron chi connectivity index (χ4n) is 2.50. The summed E-state index contributed by atoms with van der Waals surface area (Å²) >= 11 is 2.16. The number of halogens is 2. The van der Waals surface area contributed by atoms with Gasteiger partial charge in [-0.2, -0.15) is 0 Å². The maximum absolute atomic E-state index is 14.4. The second-order valence-electron chi connectivity index (χ2n) is 4.77. The Morgan fingerprint density at radius 1 is 1.16 bits per heavy atom. The molecule has 1 nitrogen and oxygen atoms in total. The molecule has 0 saturated carbocycles. The Morgan fingerprint density at radius 3 is 2.74 bits per heavy atom. The zero-order valence-corrected chi connectivity index (χ0v) is 12.6. The molecule has 0 unspecified atom stereocenters. The van der Waals surface area contributed by atoms with Gasteiger partial charge in [-0.1, -0.05) is 30.3 Å². The lowest BCUT2D eigenvalue weighted by Crippen LogP contribution is -2.02. The van der Waals surface area contributed by atoms with Gasteiger partial charge in [0.05, 0.1) is 3.57 Å². The van der Waals surface area contributed by atoms with Crippen molar-refractivity contribution in [3.63, 3.8) is 0 Å². The lowest BCUT2D eigenvalue weighted by molar-refractivity contribution is 0.287. The molecule has 19 heavy (non-hydrogen) atoms. The van der Waals surface area contributed by atoms with Crippen molar-refractivity contribution < 1.29 is 9.13 Å². The quantitative estimate of drug-likeness (QED) is 0.725. The summed E-state index contributed by atoms with van der Waals surface area (Å²) in [4.78, 5) is 0. The monoisotopic (exact) mass is 368 g/mol. The summed E-state index contributed by atoms with van der Waals surface area (Å²) in [7, 11) is 0. The van der Waals surface area contributed by atoms with Crippen molar-refractivity contribution >= 4 is 22.6 Å². The van der Waals surface area contributed by atoms with E-state index in [0.29, 0.717) is 12.4 Å². The zero-order chi connectivity index (χ0) is 13.2. The maximum Gasteiger partial charge on any atom is 0.169 e. The van der Waals surface area contributed by atoms with E-state index in [-0.39, 0.29) is 5.82 Å². The summed E-state index contributed by atoms with van der Waals surface area (Å²) in [5.41, 5.74) is 3.05. The normalized spacial score (nSPS) is 13.4. The summed E-state index contributed by atoms with van der Waals surface area (Å²) in [6.07, 6.45) is 2.87. The minimum atomic E-state index is -0.157. The lowest BCUT2D eigenvalue weighted by Gasteiger charge is -2.12. The van der Waals surface area contributed by atoms with Crippen molar-refractivity contribution in [2.24, 2.45) is 0 Å². The minimum Gasteiger partial charge on any atom is -0.485 e. The molecule has 0 fully saturated rings. The number of hydrogen-bond donors (Lipinski definition) is 0. The molecule has 3 rings (SSSR count). The fourth-order valence-corrected chi connectivity index (χ4v) is 3.27. The molecular weight excluding hydrogens is 354 g/mol. The van der Waals surface area contributed by atoms with Crippen molar-refractivity contribution in [2.45, 2.75) is 25.9 Å². The first-order chi connectivity index (χ1) is 9.25. The van der Waals surface area contributed by atoms with Gasteiger partial charge in [0.1, 0.15) is 6.61 Å². The molecule has 0 bridgehead atoms. The van der Waals surface area contributed by atoms with Crippen LogP contribution in [-0.2, 0) is 19.4 Å². The lowest BCUT2D eigenvalue weighted by atomic mass is 10.1. The van der Waals surface area contributed by atoms with Crippen LogP contribution in [-0.4, -0.2) is 0 Å². The Balaban J connectivity index is 1.85. The van der Waals surface area contributed by atoms with E-state index in [2.05, 4.69) is 28.7 Å². The average molecular weight is 368 g/mol. The first-order valence-electron chi connectivity index (χ1n) is 6.42. The Hall–Kier alpha value is -1.10. The molecule has 1 aliphatic carbocycles. The number of aryl methyl sites for hydroxylation is 1. The van der Waals surface area contributed by atoms with Crippen LogP contribution in [0.15, 0.2) is 36.4 Å². The van der Waals surface area contributed by atoms with Gasteiger partial charge >= 0.3 is 0 Å². The van der Waals surface area contributed by atoms with Crippen molar-refractivity contribution in [3.05, 3.63) is 62.5 Å². The van der Waals surface area contributed by atoms with Gasteiger partial charge in [-0.15, -0.1) is 0 Å². The highest BCUT2D eigenvalue weighted by Gasteiger charge is 2.21. The SMILES string of the molecule is Fc1c2c(cc(I)c1OCc1ccccc1)CCC2. The second kappa shape index (κ2) is 5.49. The summed E-state index contributed by atoms with van der Waals surface area (Å²) in [5.74, 6) is 0.250. The van der Waals surface area contributed by atoms with E-state index < -0.39 is 0 Å². The molecule has 2 aromatic rings. The largest absolute Gasteiger partial charge is 0.485 e. The molecule has 0 spiro atoms. The average Bonchev–Trinajstić information content (AvgIpc) is 2.88. The van der Waals surface area contributed by atoms with Crippen LogP contribution in [0.1, 0.15) is 23.1 Å². The Bertz CT molecular complexity index is 595. The summed E-state index contributed by atoms with van der Waals surface area (Å²) in [5, 5.41) is 0. The number of rotatable bonds is 3. The molecule has 3 heteroatoms. The molecule has 0 aliphatic heterocycles. The molecule has 1 aliphatic rings. The van der Waals surface area contributed by atoms with E-state index >= 15 is 0 Å². The van der Waals surface area contributed by atoms with Crippen LogP contribution in [0.3, 0.4) is 0 Å². The second-order valence-corrected chi connectivity index (χ2v) is 5.93. The first kappa shape index (κ1) is 12.9. The van der Waals surface area contributed by atoms with Crippen LogP contribution in [0.4, 0.5) is 4.39 Å². The minimum absolute atomic E-state index is 0.157. The van der Waals surface area contributed by atoms with Gasteiger partial charge < -0.3 is 4.74 Å². The van der Waals surface area contributed by atoms with Gasteiger partial charge in [0.25, 0.3) is 0 Å². The number of benzene rings is 2. The van der Waals surface area contributed by atoms with E-state index in [1.807, 2.05) is 30.3 Å². The molecule has 0 heterocycles. The highest BCUT2D eigenvalue weighted by Crippen LogP contribution is 2.35. The van der Waals surface area contributed by atoms with Gasteiger partial charge in [0.2, 0.25) is 0 Å². The van der Waals surface area contributed by atoms with Gasteiger partial charge in [0.15, 0.2) is 11.6 Å². The third-order valence-corrected chi connectivity index (χ3v) is 4.27. The molecule has 0 atom stereocenters. The Kier molecular flexibility index (Phi) is 3.73. The first-order valence-corrected chi connectivity index (χ1v) is 7.50. The van der Waals surface area contributed by atoms with E-state index in [1.165, 1.54) is 0 Å². The van der Waals surface area contributed by atoms with Crippen LogP contribution < -0.4 is 4.74 Å². The topological polar surface area (TPSA) is 9.23 Å². The van der Waals surface area contributed by atoms with Gasteiger partial charge in [-0.25, -0.2) is 4.39 Å². The third-order valence-electron chi connectivity index (χ3n) is 3.47. The fraction of sp³-hybridized carbons (Fsp3) is 0.250. The van der Waals surface area contributed by atoms with Crippen LogP contribution in [0.5, 0.6) is 5.75 Å². The van der Waals surface area contributed by atoms with Crippen LogP contribution in [0.25, 0.3) is 0 Å². The zero-order valence-electron chi connectivity index (χ0n) is 10.5. The van der Waals surface area contributed by atoms with Crippen LogP contribution >= 0.6 is 22.6 Å².